The number of rotatable bonds is 4. The van der Waals surface area contributed by atoms with E-state index < -0.39 is 5.54 Å². The third-order valence-corrected chi connectivity index (χ3v) is 3.68. The van der Waals surface area contributed by atoms with Crippen LogP contribution in [-0.2, 0) is 4.74 Å². The van der Waals surface area contributed by atoms with E-state index in [4.69, 9.17) is 4.74 Å². The van der Waals surface area contributed by atoms with E-state index >= 15 is 0 Å². The molecule has 1 heterocycles. The van der Waals surface area contributed by atoms with Crippen molar-refractivity contribution in [2.24, 2.45) is 5.92 Å². The van der Waals surface area contributed by atoms with Gasteiger partial charge in [0.05, 0.1) is 12.7 Å². The maximum absolute atomic E-state index is 9.55. The third kappa shape index (κ3) is 2.75. The molecule has 0 spiro atoms. The SMILES string of the molecule is COCC(C#N)(C(C)C)N1CCCCCC1. The molecule has 0 aromatic carbocycles. The molecule has 0 bridgehead atoms. The second-order valence-electron chi connectivity index (χ2n) is 5.03. The van der Waals surface area contributed by atoms with Crippen LogP contribution in [0.2, 0.25) is 0 Å². The van der Waals surface area contributed by atoms with Crippen molar-refractivity contribution < 1.29 is 4.74 Å². The Morgan fingerprint density at radius 2 is 1.81 bits per heavy atom. The van der Waals surface area contributed by atoms with Crippen molar-refractivity contribution in [1.29, 1.82) is 5.26 Å². The Morgan fingerprint density at radius 3 is 2.19 bits per heavy atom. The number of nitrogens with zero attached hydrogens (tertiary/aromatic N) is 2. The van der Waals surface area contributed by atoms with Crippen LogP contribution in [0.4, 0.5) is 0 Å². The summed E-state index contributed by atoms with van der Waals surface area (Å²) in [5, 5.41) is 9.55. The van der Waals surface area contributed by atoms with E-state index in [1.165, 1.54) is 25.7 Å². The van der Waals surface area contributed by atoms with Crippen LogP contribution in [0, 0.1) is 17.2 Å². The number of likely N-dealkylation sites (tertiary alicyclic amines) is 1. The minimum atomic E-state index is -0.431. The van der Waals surface area contributed by atoms with Gasteiger partial charge >= 0.3 is 0 Å². The summed E-state index contributed by atoms with van der Waals surface area (Å²) in [4.78, 5) is 2.34. The van der Waals surface area contributed by atoms with Crippen molar-refractivity contribution in [3.63, 3.8) is 0 Å². The molecule has 0 radical (unpaired) electrons. The predicted octanol–water partition coefficient (Wildman–Crippen LogP) is 2.43. The predicted molar refractivity (Wildman–Crippen MR) is 65.1 cm³/mol. The lowest BCUT2D eigenvalue weighted by Crippen LogP contribution is -2.55. The standard InChI is InChI=1S/C13H24N2O/c1-12(2)13(10-14,11-16-3)15-8-6-4-5-7-9-15/h12H,4-9,11H2,1-3H3. The highest BCUT2D eigenvalue weighted by Crippen LogP contribution is 2.27. The Kier molecular flexibility index (Phi) is 5.24. The molecule has 0 aromatic heterocycles. The second-order valence-corrected chi connectivity index (χ2v) is 5.03. The first-order valence-electron chi connectivity index (χ1n) is 6.32. The minimum absolute atomic E-state index is 0.301. The van der Waals surface area contributed by atoms with Crippen molar-refractivity contribution in [3.05, 3.63) is 0 Å². The normalized spacial score (nSPS) is 22.4. The van der Waals surface area contributed by atoms with Gasteiger partial charge in [0.15, 0.2) is 0 Å². The van der Waals surface area contributed by atoms with Crippen LogP contribution in [0.25, 0.3) is 0 Å². The summed E-state index contributed by atoms with van der Waals surface area (Å²) >= 11 is 0. The van der Waals surface area contributed by atoms with E-state index in [1.807, 2.05) is 0 Å². The molecule has 0 aliphatic carbocycles. The Balaban J connectivity index is 2.84. The van der Waals surface area contributed by atoms with Gasteiger partial charge in [-0.05, 0) is 31.8 Å². The smallest absolute Gasteiger partial charge is 0.135 e. The molecule has 1 aliphatic heterocycles. The van der Waals surface area contributed by atoms with Crippen molar-refractivity contribution in [2.45, 2.75) is 45.1 Å². The van der Waals surface area contributed by atoms with Gasteiger partial charge in [0.1, 0.15) is 5.54 Å². The van der Waals surface area contributed by atoms with Crippen LogP contribution >= 0.6 is 0 Å². The first-order chi connectivity index (χ1) is 7.67. The molecule has 3 heteroatoms. The molecule has 92 valence electrons. The summed E-state index contributed by atoms with van der Waals surface area (Å²) in [5.41, 5.74) is -0.431. The van der Waals surface area contributed by atoms with E-state index in [0.29, 0.717) is 12.5 Å². The molecular formula is C13H24N2O. The highest BCUT2D eigenvalue weighted by atomic mass is 16.5. The summed E-state index contributed by atoms with van der Waals surface area (Å²) < 4.78 is 5.29. The lowest BCUT2D eigenvalue weighted by atomic mass is 9.86. The molecule has 1 atom stereocenters. The van der Waals surface area contributed by atoms with E-state index in [1.54, 1.807) is 7.11 Å². The monoisotopic (exact) mass is 224 g/mol. The maximum Gasteiger partial charge on any atom is 0.135 e. The molecule has 0 N–H and O–H groups in total. The Hall–Kier alpha value is -0.590. The lowest BCUT2D eigenvalue weighted by Gasteiger charge is -2.40. The number of nitriles is 1. The summed E-state index contributed by atoms with van der Waals surface area (Å²) in [5.74, 6) is 0.301. The molecule has 1 fully saturated rings. The fourth-order valence-electron chi connectivity index (χ4n) is 2.54. The van der Waals surface area contributed by atoms with Gasteiger partial charge in [0.2, 0.25) is 0 Å². The largest absolute Gasteiger partial charge is 0.382 e. The topological polar surface area (TPSA) is 36.3 Å². The van der Waals surface area contributed by atoms with Crippen molar-refractivity contribution in [1.82, 2.24) is 4.90 Å². The molecule has 16 heavy (non-hydrogen) atoms. The Bertz CT molecular complexity index is 239. The zero-order chi connectivity index (χ0) is 12.0. The quantitative estimate of drug-likeness (QED) is 0.736. The molecule has 1 rings (SSSR count). The fourth-order valence-corrected chi connectivity index (χ4v) is 2.54. The highest BCUT2D eigenvalue weighted by molar-refractivity contribution is 5.11. The van der Waals surface area contributed by atoms with Gasteiger partial charge in [0, 0.05) is 7.11 Å². The molecule has 1 unspecified atom stereocenters. The van der Waals surface area contributed by atoms with Crippen LogP contribution in [-0.4, -0.2) is 37.2 Å². The molecule has 0 aromatic rings. The van der Waals surface area contributed by atoms with Gasteiger partial charge in [-0.2, -0.15) is 5.26 Å². The van der Waals surface area contributed by atoms with E-state index in [0.717, 1.165) is 13.1 Å². The lowest BCUT2D eigenvalue weighted by molar-refractivity contribution is 0.0185. The third-order valence-electron chi connectivity index (χ3n) is 3.68. The van der Waals surface area contributed by atoms with Crippen LogP contribution in [0.1, 0.15) is 39.5 Å². The summed E-state index contributed by atoms with van der Waals surface area (Å²) in [6.07, 6.45) is 5.01. The fraction of sp³-hybridized carbons (Fsp3) is 0.923. The van der Waals surface area contributed by atoms with Crippen molar-refractivity contribution in [3.8, 4) is 6.07 Å². The second kappa shape index (κ2) is 6.22. The average molecular weight is 224 g/mol. The van der Waals surface area contributed by atoms with Crippen LogP contribution in [0.3, 0.4) is 0 Å². The van der Waals surface area contributed by atoms with Gasteiger partial charge < -0.3 is 4.74 Å². The van der Waals surface area contributed by atoms with Crippen LogP contribution in [0.5, 0.6) is 0 Å². The molecular weight excluding hydrogens is 200 g/mol. The van der Waals surface area contributed by atoms with Crippen LogP contribution in [0.15, 0.2) is 0 Å². The first kappa shape index (κ1) is 13.5. The first-order valence-corrected chi connectivity index (χ1v) is 6.32. The number of hydrogen-bond donors (Lipinski definition) is 0. The van der Waals surface area contributed by atoms with E-state index in [9.17, 15) is 5.26 Å². The Morgan fingerprint density at radius 1 is 1.25 bits per heavy atom. The summed E-state index contributed by atoms with van der Waals surface area (Å²) in [6.45, 7) is 6.83. The highest BCUT2D eigenvalue weighted by Gasteiger charge is 2.40. The Labute approximate surface area is 99.4 Å². The molecule has 3 nitrogen and oxygen atoms in total. The molecule has 0 saturated carbocycles. The number of ether oxygens (including phenoxy) is 1. The average Bonchev–Trinajstić information content (AvgIpc) is 2.54. The van der Waals surface area contributed by atoms with Crippen molar-refractivity contribution in [2.75, 3.05) is 26.8 Å². The minimum Gasteiger partial charge on any atom is -0.382 e. The zero-order valence-electron chi connectivity index (χ0n) is 10.8. The number of methoxy groups -OCH3 is 1. The van der Waals surface area contributed by atoms with Gasteiger partial charge in [-0.1, -0.05) is 26.7 Å². The number of hydrogen-bond acceptors (Lipinski definition) is 3. The van der Waals surface area contributed by atoms with Crippen molar-refractivity contribution >= 4 is 0 Å². The summed E-state index contributed by atoms with van der Waals surface area (Å²) in [7, 11) is 1.69. The molecule has 1 aliphatic rings. The van der Waals surface area contributed by atoms with E-state index in [-0.39, 0.29) is 0 Å². The van der Waals surface area contributed by atoms with Crippen LogP contribution < -0.4 is 0 Å². The molecule has 0 amide bonds. The van der Waals surface area contributed by atoms with Gasteiger partial charge in [-0.3, -0.25) is 4.90 Å². The van der Waals surface area contributed by atoms with Gasteiger partial charge in [0.25, 0.3) is 0 Å². The zero-order valence-corrected chi connectivity index (χ0v) is 10.8. The summed E-state index contributed by atoms with van der Waals surface area (Å²) in [6, 6.07) is 2.51. The van der Waals surface area contributed by atoms with Gasteiger partial charge in [-0.25, -0.2) is 0 Å². The van der Waals surface area contributed by atoms with E-state index in [2.05, 4.69) is 24.8 Å². The molecule has 1 saturated heterocycles. The maximum atomic E-state index is 9.55. The van der Waals surface area contributed by atoms with Gasteiger partial charge in [-0.15, -0.1) is 0 Å².